The molecule has 21 heavy (non-hydrogen) atoms. The van der Waals surface area contributed by atoms with Gasteiger partial charge in [0.1, 0.15) is 0 Å². The molecule has 0 N–H and O–H groups in total. The summed E-state index contributed by atoms with van der Waals surface area (Å²) in [7, 11) is -1.90. The van der Waals surface area contributed by atoms with Gasteiger partial charge in [0.15, 0.2) is 0 Å². The quantitative estimate of drug-likeness (QED) is 0.786. The van der Waals surface area contributed by atoms with Gasteiger partial charge in [-0.05, 0) is 36.5 Å². The molecule has 1 aliphatic heterocycles. The summed E-state index contributed by atoms with van der Waals surface area (Å²) in [5.74, 6) is 0.339. The predicted molar refractivity (Wildman–Crippen MR) is 79.4 cm³/mol. The normalized spacial score (nSPS) is 19.8. The monoisotopic (exact) mass is 308 g/mol. The Hall–Kier alpha value is -1.49. The second-order valence-electron chi connectivity index (χ2n) is 5.31. The first kappa shape index (κ1) is 15.9. The largest absolute Gasteiger partial charge is 0.281 e. The molecule has 1 aromatic rings. The minimum Gasteiger partial charge on any atom is -0.265 e. The van der Waals surface area contributed by atoms with Crippen LogP contribution in [0.25, 0.3) is 0 Å². The van der Waals surface area contributed by atoms with Gasteiger partial charge in [-0.15, -0.1) is 0 Å². The van der Waals surface area contributed by atoms with Crippen molar-refractivity contribution < 1.29 is 8.42 Å². The first-order valence-electron chi connectivity index (χ1n) is 7.01. The Morgan fingerprint density at radius 2 is 2.19 bits per heavy atom. The molecule has 0 aliphatic carbocycles. The Morgan fingerprint density at radius 3 is 2.86 bits per heavy atom. The minimum absolute atomic E-state index is 0.212. The lowest BCUT2D eigenvalue weighted by atomic mass is 10.00. The fourth-order valence-electron chi connectivity index (χ4n) is 2.55. The molecule has 0 radical (unpaired) electrons. The molecule has 1 fully saturated rings. The van der Waals surface area contributed by atoms with Gasteiger partial charge in [-0.2, -0.15) is 22.3 Å². The number of hydrogen-bond donors (Lipinski definition) is 0. The van der Waals surface area contributed by atoms with Gasteiger partial charge >= 0.3 is 0 Å². The van der Waals surface area contributed by atoms with E-state index in [1.54, 1.807) is 12.4 Å². The van der Waals surface area contributed by atoms with E-state index in [4.69, 9.17) is 5.26 Å². The van der Waals surface area contributed by atoms with Crippen molar-refractivity contribution in [1.82, 2.24) is 13.6 Å². The lowest BCUT2D eigenvalue weighted by molar-refractivity contribution is 0.389. The van der Waals surface area contributed by atoms with Gasteiger partial charge < -0.3 is 0 Å². The molecular weight excluding hydrogens is 288 g/mol. The van der Waals surface area contributed by atoms with Crippen LogP contribution < -0.4 is 0 Å². The number of nitrogens with zero attached hydrogens (tertiary/aromatic N) is 4. The van der Waals surface area contributed by atoms with E-state index >= 15 is 0 Å². The summed E-state index contributed by atoms with van der Waals surface area (Å²) in [6, 6.07) is 5.91. The second kappa shape index (κ2) is 6.98. The van der Waals surface area contributed by atoms with Crippen LogP contribution in [0.3, 0.4) is 0 Å². The second-order valence-corrected chi connectivity index (χ2v) is 7.35. The Kier molecular flexibility index (Phi) is 5.28. The van der Waals surface area contributed by atoms with Gasteiger partial charge in [0.2, 0.25) is 0 Å². The van der Waals surface area contributed by atoms with Gasteiger partial charge in [-0.1, -0.05) is 0 Å². The highest BCUT2D eigenvalue weighted by atomic mass is 32.2. The summed E-state index contributed by atoms with van der Waals surface area (Å²) in [4.78, 5) is 3.99. The zero-order chi connectivity index (χ0) is 15.3. The van der Waals surface area contributed by atoms with E-state index in [2.05, 4.69) is 4.98 Å². The molecule has 1 atom stereocenters. The fraction of sp³-hybridized carbons (Fsp3) is 0.571. The van der Waals surface area contributed by atoms with E-state index in [1.165, 1.54) is 21.2 Å². The van der Waals surface area contributed by atoms with E-state index in [0.29, 0.717) is 19.0 Å². The van der Waals surface area contributed by atoms with Crippen molar-refractivity contribution in [3.05, 3.63) is 30.1 Å². The molecule has 6 nitrogen and oxygen atoms in total. The van der Waals surface area contributed by atoms with Crippen molar-refractivity contribution in [3.8, 4) is 6.07 Å². The molecular formula is C14H20N4O2S. The molecule has 7 heteroatoms. The topological polar surface area (TPSA) is 77.3 Å². The summed E-state index contributed by atoms with van der Waals surface area (Å²) >= 11 is 0. The average molecular weight is 308 g/mol. The maximum absolute atomic E-state index is 12.4. The average Bonchev–Trinajstić information content (AvgIpc) is 2.95. The fourth-order valence-corrected chi connectivity index (χ4v) is 4.00. The molecule has 0 amide bonds. The number of pyridine rings is 1. The Labute approximate surface area is 126 Å². The summed E-state index contributed by atoms with van der Waals surface area (Å²) in [6.45, 7) is 1.33. The first-order chi connectivity index (χ1) is 10.0. The van der Waals surface area contributed by atoms with Crippen molar-refractivity contribution in [3.63, 3.8) is 0 Å². The van der Waals surface area contributed by atoms with E-state index in [1.807, 2.05) is 18.2 Å². The van der Waals surface area contributed by atoms with Gasteiger partial charge in [-0.25, -0.2) is 0 Å². The zero-order valence-corrected chi connectivity index (χ0v) is 13.0. The van der Waals surface area contributed by atoms with Crippen LogP contribution in [0.5, 0.6) is 0 Å². The minimum atomic E-state index is -3.43. The third-order valence-electron chi connectivity index (χ3n) is 3.78. The van der Waals surface area contributed by atoms with Gasteiger partial charge in [0.25, 0.3) is 10.2 Å². The Bertz CT molecular complexity index is 597. The maximum atomic E-state index is 12.4. The zero-order valence-electron chi connectivity index (χ0n) is 12.1. The van der Waals surface area contributed by atoms with Crippen LogP contribution in [0, 0.1) is 17.2 Å². The lowest BCUT2D eigenvalue weighted by Crippen LogP contribution is -2.41. The van der Waals surface area contributed by atoms with Crippen LogP contribution in [0.2, 0.25) is 0 Å². The van der Waals surface area contributed by atoms with Crippen LogP contribution in [-0.4, -0.2) is 48.7 Å². The highest BCUT2D eigenvalue weighted by Crippen LogP contribution is 2.24. The molecule has 1 saturated heterocycles. The van der Waals surface area contributed by atoms with Crippen LogP contribution >= 0.6 is 0 Å². The van der Waals surface area contributed by atoms with Gasteiger partial charge in [0.05, 0.1) is 6.07 Å². The van der Waals surface area contributed by atoms with E-state index in [-0.39, 0.29) is 13.0 Å². The van der Waals surface area contributed by atoms with E-state index in [0.717, 1.165) is 12.8 Å². The molecule has 0 unspecified atom stereocenters. The summed E-state index contributed by atoms with van der Waals surface area (Å²) < 4.78 is 27.5. The smallest absolute Gasteiger partial charge is 0.265 e. The summed E-state index contributed by atoms with van der Waals surface area (Å²) in [6.07, 6.45) is 5.47. The van der Waals surface area contributed by atoms with Gasteiger partial charge in [0, 0.05) is 45.5 Å². The van der Waals surface area contributed by atoms with Crippen molar-refractivity contribution in [2.45, 2.75) is 19.3 Å². The molecule has 0 spiro atoms. The highest BCUT2D eigenvalue weighted by molar-refractivity contribution is 7.86. The van der Waals surface area contributed by atoms with Crippen molar-refractivity contribution in [2.75, 3.05) is 26.7 Å². The summed E-state index contributed by atoms with van der Waals surface area (Å²) in [5, 5.41) is 8.56. The molecule has 0 aromatic carbocycles. The molecule has 2 rings (SSSR count). The number of hydrogen-bond acceptors (Lipinski definition) is 4. The first-order valence-corrected chi connectivity index (χ1v) is 8.41. The molecule has 2 heterocycles. The Morgan fingerprint density at radius 1 is 1.48 bits per heavy atom. The number of aromatic nitrogens is 1. The maximum Gasteiger partial charge on any atom is 0.281 e. The van der Waals surface area contributed by atoms with Gasteiger partial charge in [-0.3, -0.25) is 4.98 Å². The standard InChI is InChI=1S/C14H20N4O2S/c1-17(9-2-6-15)21(19,20)18-10-5-14(12-18)11-13-3-7-16-8-4-13/h3-4,7-8,14H,2,5,9-12H2,1H3/t14-/m1/s1. The van der Waals surface area contributed by atoms with Crippen LogP contribution in [-0.2, 0) is 16.6 Å². The molecule has 1 aromatic heterocycles. The van der Waals surface area contributed by atoms with Crippen molar-refractivity contribution in [1.29, 1.82) is 5.26 Å². The third kappa shape index (κ3) is 4.00. The molecule has 1 aliphatic rings. The Balaban J connectivity index is 1.94. The number of nitriles is 1. The van der Waals surface area contributed by atoms with Crippen molar-refractivity contribution in [2.24, 2.45) is 5.92 Å². The van der Waals surface area contributed by atoms with E-state index < -0.39 is 10.2 Å². The van der Waals surface area contributed by atoms with Crippen LogP contribution in [0.1, 0.15) is 18.4 Å². The van der Waals surface area contributed by atoms with Crippen molar-refractivity contribution >= 4 is 10.2 Å². The predicted octanol–water partition coefficient (Wildman–Crippen LogP) is 1.04. The van der Waals surface area contributed by atoms with E-state index in [9.17, 15) is 8.42 Å². The summed E-state index contributed by atoms with van der Waals surface area (Å²) in [5.41, 5.74) is 1.19. The third-order valence-corrected chi connectivity index (χ3v) is 5.74. The SMILES string of the molecule is CN(CCC#N)S(=O)(=O)N1CC[C@H](Cc2ccncc2)C1. The lowest BCUT2D eigenvalue weighted by Gasteiger charge is -2.23. The van der Waals surface area contributed by atoms with Crippen LogP contribution in [0.15, 0.2) is 24.5 Å². The molecule has 0 saturated carbocycles. The highest BCUT2D eigenvalue weighted by Gasteiger charge is 2.33. The molecule has 0 bridgehead atoms. The van der Waals surface area contributed by atoms with Crippen LogP contribution in [0.4, 0.5) is 0 Å². The number of rotatable bonds is 6. The molecule has 114 valence electrons.